The Morgan fingerprint density at radius 2 is 2.11 bits per heavy atom. The van der Waals surface area contributed by atoms with Crippen molar-refractivity contribution in [1.29, 1.82) is 0 Å². The predicted molar refractivity (Wildman–Crippen MR) is 102 cm³/mol. The number of hydrogen-bond donors (Lipinski definition) is 1. The van der Waals surface area contributed by atoms with Gasteiger partial charge in [-0.05, 0) is 30.7 Å². The maximum Gasteiger partial charge on any atom is 0.341 e. The lowest BCUT2D eigenvalue weighted by atomic mass is 9.84. The van der Waals surface area contributed by atoms with Crippen LogP contribution in [0.15, 0.2) is 35.3 Å². The van der Waals surface area contributed by atoms with E-state index in [1.807, 2.05) is 29.7 Å². The van der Waals surface area contributed by atoms with E-state index < -0.39 is 11.4 Å². The summed E-state index contributed by atoms with van der Waals surface area (Å²) in [6, 6.07) is 7.76. The smallest absolute Gasteiger partial charge is 0.341 e. The first kappa shape index (κ1) is 16.3. The van der Waals surface area contributed by atoms with Gasteiger partial charge in [-0.25, -0.2) is 4.79 Å². The van der Waals surface area contributed by atoms with Crippen LogP contribution in [0.25, 0.3) is 22.3 Å². The van der Waals surface area contributed by atoms with Gasteiger partial charge in [-0.2, -0.15) is 5.10 Å². The van der Waals surface area contributed by atoms with E-state index in [0.717, 1.165) is 40.7 Å². The number of aromatic nitrogens is 3. The highest BCUT2D eigenvalue weighted by Gasteiger charge is 2.48. The van der Waals surface area contributed by atoms with Gasteiger partial charge in [-0.3, -0.25) is 9.48 Å². The van der Waals surface area contributed by atoms with Crippen molar-refractivity contribution in [1.82, 2.24) is 14.3 Å². The Hall–Kier alpha value is -2.89. The number of carbonyl (C=O) groups is 1. The standard InChI is InChI=1S/C21H21N3O3/c1-11-5-4-6-12-17(11)22-24-14-7-8-21(2,3)19(14)23-10-13(20(26)27)16(25)9-15(23)18(12)24/h4-6,9-10,14,19H,7-8H2,1-3H3,(H,26,27). The highest BCUT2D eigenvalue weighted by molar-refractivity contribution is 5.95. The number of hydrogen-bond acceptors (Lipinski definition) is 3. The molecule has 1 aliphatic heterocycles. The second-order valence-electron chi connectivity index (χ2n) is 8.45. The molecule has 2 aliphatic rings. The number of nitrogens with zero attached hydrogens (tertiary/aromatic N) is 3. The van der Waals surface area contributed by atoms with Crippen molar-refractivity contribution in [3.8, 4) is 11.4 Å². The third-order valence-electron chi connectivity index (χ3n) is 6.35. The highest BCUT2D eigenvalue weighted by atomic mass is 16.4. The van der Waals surface area contributed by atoms with Crippen LogP contribution >= 0.6 is 0 Å². The Morgan fingerprint density at radius 3 is 2.85 bits per heavy atom. The minimum absolute atomic E-state index is 0.0187. The molecule has 27 heavy (non-hydrogen) atoms. The van der Waals surface area contributed by atoms with Gasteiger partial charge in [0, 0.05) is 17.6 Å². The highest BCUT2D eigenvalue weighted by Crippen LogP contribution is 2.56. The summed E-state index contributed by atoms with van der Waals surface area (Å²) >= 11 is 0. The van der Waals surface area contributed by atoms with E-state index in [9.17, 15) is 14.7 Å². The molecule has 3 heterocycles. The van der Waals surface area contributed by atoms with E-state index in [0.29, 0.717) is 0 Å². The van der Waals surface area contributed by atoms with E-state index in [4.69, 9.17) is 5.10 Å². The molecule has 1 aliphatic carbocycles. The number of pyridine rings is 1. The number of fused-ring (bicyclic) bond motifs is 8. The van der Waals surface area contributed by atoms with Gasteiger partial charge in [0.1, 0.15) is 5.56 Å². The SMILES string of the molecule is Cc1cccc2c3n(nc12)C1CCC(C)(C)C1n1cc(C(=O)O)c(=O)cc1-3. The number of benzene rings is 1. The zero-order valence-electron chi connectivity index (χ0n) is 15.6. The van der Waals surface area contributed by atoms with Gasteiger partial charge in [0.05, 0.1) is 29.0 Å². The zero-order chi connectivity index (χ0) is 19.1. The average molecular weight is 363 g/mol. The van der Waals surface area contributed by atoms with Crippen molar-refractivity contribution >= 4 is 16.9 Å². The number of aromatic carboxylic acids is 1. The number of rotatable bonds is 1. The van der Waals surface area contributed by atoms with Crippen molar-refractivity contribution in [3.05, 3.63) is 51.8 Å². The quantitative estimate of drug-likeness (QED) is 0.714. The largest absolute Gasteiger partial charge is 0.477 e. The van der Waals surface area contributed by atoms with E-state index in [2.05, 4.69) is 18.5 Å². The van der Waals surface area contributed by atoms with Crippen LogP contribution in [0.3, 0.4) is 0 Å². The van der Waals surface area contributed by atoms with Gasteiger partial charge in [0.15, 0.2) is 5.43 Å². The topological polar surface area (TPSA) is 77.1 Å². The molecule has 1 saturated carbocycles. The molecule has 6 nitrogen and oxygen atoms in total. The normalized spacial score (nSPS) is 22.3. The Bertz CT molecular complexity index is 1190. The zero-order valence-corrected chi connectivity index (χ0v) is 15.6. The Kier molecular flexibility index (Phi) is 3.07. The van der Waals surface area contributed by atoms with Crippen LogP contribution in [-0.4, -0.2) is 25.4 Å². The van der Waals surface area contributed by atoms with Crippen LogP contribution in [0, 0.1) is 12.3 Å². The molecule has 1 aromatic carbocycles. The van der Waals surface area contributed by atoms with Gasteiger partial charge < -0.3 is 9.67 Å². The summed E-state index contributed by atoms with van der Waals surface area (Å²) in [6.07, 6.45) is 3.54. The summed E-state index contributed by atoms with van der Waals surface area (Å²) in [4.78, 5) is 24.1. The molecule has 0 saturated heterocycles. The molecule has 0 amide bonds. The summed E-state index contributed by atoms with van der Waals surface area (Å²) in [6.45, 7) is 6.46. The minimum atomic E-state index is -1.18. The first-order valence-electron chi connectivity index (χ1n) is 9.27. The number of carboxylic acids is 1. The van der Waals surface area contributed by atoms with Crippen LogP contribution in [0.4, 0.5) is 0 Å². The average Bonchev–Trinajstić information content (AvgIpc) is 3.13. The number of carboxylic acid groups (broad SMARTS) is 1. The van der Waals surface area contributed by atoms with Crippen molar-refractivity contribution in [2.24, 2.45) is 5.41 Å². The maximum absolute atomic E-state index is 12.5. The first-order valence-corrected chi connectivity index (χ1v) is 9.27. The predicted octanol–water partition coefficient (Wildman–Crippen LogP) is 3.79. The lowest BCUT2D eigenvalue weighted by Crippen LogP contribution is -2.35. The van der Waals surface area contributed by atoms with Gasteiger partial charge in [-0.1, -0.05) is 32.0 Å². The summed E-state index contributed by atoms with van der Waals surface area (Å²) in [5.41, 5.74) is 3.06. The molecule has 5 rings (SSSR count). The van der Waals surface area contributed by atoms with Gasteiger partial charge in [0.2, 0.25) is 0 Å². The van der Waals surface area contributed by atoms with Crippen LogP contribution in [0.5, 0.6) is 0 Å². The Morgan fingerprint density at radius 1 is 1.33 bits per heavy atom. The third kappa shape index (κ3) is 2.04. The van der Waals surface area contributed by atoms with Gasteiger partial charge in [0.25, 0.3) is 0 Å². The molecule has 2 atom stereocenters. The van der Waals surface area contributed by atoms with Crippen molar-refractivity contribution < 1.29 is 9.90 Å². The summed E-state index contributed by atoms with van der Waals surface area (Å²) < 4.78 is 4.12. The lowest BCUT2D eigenvalue weighted by Gasteiger charge is -2.39. The molecule has 6 heteroatoms. The Labute approximate surface area is 156 Å². The summed E-state index contributed by atoms with van der Waals surface area (Å²) in [7, 11) is 0. The molecule has 0 bridgehead atoms. The second-order valence-corrected chi connectivity index (χ2v) is 8.45. The minimum Gasteiger partial charge on any atom is -0.477 e. The van der Waals surface area contributed by atoms with E-state index in [-0.39, 0.29) is 23.1 Å². The lowest BCUT2D eigenvalue weighted by molar-refractivity contribution is 0.0693. The fourth-order valence-electron chi connectivity index (χ4n) is 5.05. The molecule has 0 spiro atoms. The van der Waals surface area contributed by atoms with Crippen LogP contribution < -0.4 is 5.43 Å². The van der Waals surface area contributed by atoms with Crippen LogP contribution in [-0.2, 0) is 0 Å². The number of aryl methyl sites for hydroxylation is 1. The van der Waals surface area contributed by atoms with E-state index in [1.54, 1.807) is 6.20 Å². The van der Waals surface area contributed by atoms with Gasteiger partial charge >= 0.3 is 5.97 Å². The molecule has 1 fully saturated rings. The van der Waals surface area contributed by atoms with Crippen molar-refractivity contribution in [2.75, 3.05) is 0 Å². The molecule has 3 aromatic rings. The Balaban J connectivity index is 1.93. The third-order valence-corrected chi connectivity index (χ3v) is 6.35. The molecule has 1 N–H and O–H groups in total. The molecule has 2 aromatic heterocycles. The molecule has 2 unspecified atom stereocenters. The fraction of sp³-hybridized carbons (Fsp3) is 0.381. The van der Waals surface area contributed by atoms with E-state index in [1.165, 1.54) is 6.07 Å². The monoisotopic (exact) mass is 363 g/mol. The molecular weight excluding hydrogens is 342 g/mol. The van der Waals surface area contributed by atoms with E-state index >= 15 is 0 Å². The summed E-state index contributed by atoms with van der Waals surface area (Å²) in [5.74, 6) is -1.18. The van der Waals surface area contributed by atoms with Crippen molar-refractivity contribution in [2.45, 2.75) is 45.7 Å². The molecule has 0 radical (unpaired) electrons. The first-order chi connectivity index (χ1) is 12.8. The fourth-order valence-corrected chi connectivity index (χ4v) is 5.05. The van der Waals surface area contributed by atoms with Crippen LogP contribution in [0.1, 0.15) is 54.7 Å². The molecular formula is C21H21N3O3. The maximum atomic E-state index is 12.5. The summed E-state index contributed by atoms with van der Waals surface area (Å²) in [5, 5.41) is 15.4. The van der Waals surface area contributed by atoms with Gasteiger partial charge in [-0.15, -0.1) is 0 Å². The van der Waals surface area contributed by atoms with Crippen molar-refractivity contribution in [3.63, 3.8) is 0 Å². The van der Waals surface area contributed by atoms with Crippen LogP contribution in [0.2, 0.25) is 0 Å². The second kappa shape index (κ2) is 5.09. The molecule has 138 valence electrons.